The van der Waals surface area contributed by atoms with Gasteiger partial charge in [0, 0.05) is 11.8 Å². The minimum atomic E-state index is -0.0780. The molecule has 1 heterocycles. The van der Waals surface area contributed by atoms with Crippen LogP contribution in [0.2, 0.25) is 0 Å². The maximum absolute atomic E-state index is 12.5. The van der Waals surface area contributed by atoms with Crippen molar-refractivity contribution in [1.82, 2.24) is 5.32 Å². The maximum Gasteiger partial charge on any atom is 0.287 e. The van der Waals surface area contributed by atoms with Crippen LogP contribution in [0.3, 0.4) is 0 Å². The van der Waals surface area contributed by atoms with Gasteiger partial charge in [0.15, 0.2) is 5.76 Å². The maximum atomic E-state index is 12.5. The molecule has 3 nitrogen and oxygen atoms in total. The number of carbonyl (C=O) groups excluding carboxylic acids is 1. The van der Waals surface area contributed by atoms with E-state index in [1.54, 1.807) is 17.8 Å². The predicted molar refractivity (Wildman–Crippen MR) is 108 cm³/mol. The largest absolute Gasteiger partial charge is 0.455 e. The molecule has 3 atom stereocenters. The normalized spacial score (nSPS) is 23.0. The summed E-state index contributed by atoms with van der Waals surface area (Å²) in [5, 5.41) is 3.18. The lowest BCUT2D eigenvalue weighted by Crippen LogP contribution is -2.43. The number of hydrogen-bond acceptors (Lipinski definition) is 3. The molecule has 0 aliphatic heterocycles. The Hall–Kier alpha value is -1.68. The summed E-state index contributed by atoms with van der Waals surface area (Å²) in [6, 6.07) is 12.6. The Labute approximate surface area is 160 Å². The van der Waals surface area contributed by atoms with E-state index in [9.17, 15) is 4.79 Å². The highest BCUT2D eigenvalue weighted by Gasteiger charge is 2.29. The van der Waals surface area contributed by atoms with Gasteiger partial charge in [0.25, 0.3) is 5.91 Å². The fraction of sp³-hybridized carbons (Fsp3) is 0.500. The zero-order valence-electron chi connectivity index (χ0n) is 16.0. The second-order valence-corrected chi connectivity index (χ2v) is 8.58. The van der Waals surface area contributed by atoms with Crippen LogP contribution < -0.4 is 5.32 Å². The Morgan fingerprint density at radius 2 is 1.88 bits per heavy atom. The number of hydrogen-bond donors (Lipinski definition) is 1. The third-order valence-electron chi connectivity index (χ3n) is 5.54. The monoisotopic (exact) mass is 371 g/mol. The molecule has 0 radical (unpaired) electrons. The highest BCUT2D eigenvalue weighted by molar-refractivity contribution is 7.97. The van der Waals surface area contributed by atoms with Gasteiger partial charge in [-0.05, 0) is 42.9 Å². The molecule has 0 unspecified atom stereocenters. The van der Waals surface area contributed by atoms with Crippen LogP contribution in [0.1, 0.15) is 60.6 Å². The number of furan rings is 1. The molecule has 140 valence electrons. The fourth-order valence-electron chi connectivity index (χ4n) is 3.56. The Balaban J connectivity index is 1.49. The van der Waals surface area contributed by atoms with E-state index in [4.69, 9.17) is 4.42 Å². The van der Waals surface area contributed by atoms with Gasteiger partial charge in [0.1, 0.15) is 5.76 Å². The first-order chi connectivity index (χ1) is 12.5. The molecule has 1 amide bonds. The molecule has 1 fully saturated rings. The average Bonchev–Trinajstić information content (AvgIpc) is 3.10. The molecule has 0 bridgehead atoms. The Morgan fingerprint density at radius 1 is 1.12 bits per heavy atom. The third kappa shape index (κ3) is 4.94. The van der Waals surface area contributed by atoms with Crippen molar-refractivity contribution in [2.75, 3.05) is 0 Å². The van der Waals surface area contributed by atoms with Crippen LogP contribution in [0.5, 0.6) is 0 Å². The van der Waals surface area contributed by atoms with Crippen LogP contribution in [0.4, 0.5) is 0 Å². The smallest absolute Gasteiger partial charge is 0.287 e. The van der Waals surface area contributed by atoms with Crippen molar-refractivity contribution in [1.29, 1.82) is 0 Å². The Bertz CT molecular complexity index is 722. The number of thioether (sulfide) groups is 1. The summed E-state index contributed by atoms with van der Waals surface area (Å²) in [5.41, 5.74) is 2.59. The van der Waals surface area contributed by atoms with Gasteiger partial charge in [-0.15, -0.1) is 11.8 Å². The SMILES string of the molecule is Cc1ccc(CSCc2ccc(C(=O)N[C@@H]3CCC[C@H](C)[C@@H]3C)o2)cc1. The lowest BCUT2D eigenvalue weighted by atomic mass is 9.78. The van der Waals surface area contributed by atoms with Gasteiger partial charge in [-0.3, -0.25) is 4.79 Å². The molecule has 1 aromatic heterocycles. The molecule has 0 saturated heterocycles. The van der Waals surface area contributed by atoms with Crippen molar-refractivity contribution in [3.8, 4) is 0 Å². The lowest BCUT2D eigenvalue weighted by molar-refractivity contribution is 0.0861. The molecular formula is C22H29NO2S. The van der Waals surface area contributed by atoms with E-state index in [0.29, 0.717) is 17.6 Å². The van der Waals surface area contributed by atoms with E-state index in [0.717, 1.165) is 23.7 Å². The van der Waals surface area contributed by atoms with Crippen molar-refractivity contribution in [3.63, 3.8) is 0 Å². The van der Waals surface area contributed by atoms with Crippen molar-refractivity contribution >= 4 is 17.7 Å². The Morgan fingerprint density at radius 3 is 2.65 bits per heavy atom. The van der Waals surface area contributed by atoms with Crippen molar-refractivity contribution < 1.29 is 9.21 Å². The number of carbonyl (C=O) groups is 1. The van der Waals surface area contributed by atoms with Gasteiger partial charge >= 0.3 is 0 Å². The number of amides is 1. The lowest BCUT2D eigenvalue weighted by Gasteiger charge is -2.34. The summed E-state index contributed by atoms with van der Waals surface area (Å²) in [6.07, 6.45) is 3.52. The summed E-state index contributed by atoms with van der Waals surface area (Å²) in [7, 11) is 0. The molecule has 1 aliphatic carbocycles. The van der Waals surface area contributed by atoms with Crippen molar-refractivity contribution in [2.45, 2.75) is 57.6 Å². The van der Waals surface area contributed by atoms with Gasteiger partial charge in [0.05, 0.1) is 5.75 Å². The molecular weight excluding hydrogens is 342 g/mol. The van der Waals surface area contributed by atoms with Crippen LogP contribution in [-0.2, 0) is 11.5 Å². The molecule has 26 heavy (non-hydrogen) atoms. The predicted octanol–water partition coefficient (Wildman–Crippen LogP) is 5.58. The summed E-state index contributed by atoms with van der Waals surface area (Å²) < 4.78 is 5.77. The van der Waals surface area contributed by atoms with E-state index < -0.39 is 0 Å². The first-order valence-corrected chi connectivity index (χ1v) is 10.7. The van der Waals surface area contributed by atoms with Crippen LogP contribution in [-0.4, -0.2) is 11.9 Å². The minimum Gasteiger partial charge on any atom is -0.455 e. The van der Waals surface area contributed by atoms with Crippen molar-refractivity contribution in [3.05, 3.63) is 59.0 Å². The van der Waals surface area contributed by atoms with E-state index in [1.165, 1.54) is 24.0 Å². The number of nitrogens with one attached hydrogen (secondary N) is 1. The molecule has 0 spiro atoms. The fourth-order valence-corrected chi connectivity index (χ4v) is 4.44. The van der Waals surface area contributed by atoms with Gasteiger partial charge in [0.2, 0.25) is 0 Å². The zero-order valence-corrected chi connectivity index (χ0v) is 16.8. The molecule has 3 rings (SSSR count). The number of aryl methyl sites for hydroxylation is 1. The summed E-state index contributed by atoms with van der Waals surface area (Å²) in [5.74, 6) is 4.12. The molecule has 1 aliphatic rings. The first-order valence-electron chi connectivity index (χ1n) is 9.56. The van der Waals surface area contributed by atoms with Crippen LogP contribution in [0, 0.1) is 18.8 Å². The quantitative estimate of drug-likeness (QED) is 0.721. The average molecular weight is 372 g/mol. The topological polar surface area (TPSA) is 42.2 Å². The molecule has 2 aromatic rings. The standard InChI is InChI=1S/C22H29NO2S/c1-15-7-9-18(10-8-15)13-26-14-19-11-12-21(25-19)22(24)23-20-6-4-5-16(2)17(20)3/h7-12,16-17,20H,4-6,13-14H2,1-3H3,(H,23,24)/t16-,17-,20+/m0/s1. The highest BCUT2D eigenvalue weighted by atomic mass is 32.2. The van der Waals surface area contributed by atoms with Crippen LogP contribution in [0.15, 0.2) is 40.8 Å². The van der Waals surface area contributed by atoms with Gasteiger partial charge in [-0.1, -0.05) is 56.5 Å². The summed E-state index contributed by atoms with van der Waals surface area (Å²) >= 11 is 1.80. The van der Waals surface area contributed by atoms with E-state index in [1.807, 2.05) is 6.07 Å². The minimum absolute atomic E-state index is 0.0780. The third-order valence-corrected chi connectivity index (χ3v) is 6.57. The second-order valence-electron chi connectivity index (χ2n) is 7.59. The zero-order chi connectivity index (χ0) is 18.5. The van der Waals surface area contributed by atoms with Gasteiger partial charge in [-0.2, -0.15) is 0 Å². The summed E-state index contributed by atoms with van der Waals surface area (Å²) in [6.45, 7) is 6.62. The van der Waals surface area contributed by atoms with E-state index >= 15 is 0 Å². The molecule has 1 aromatic carbocycles. The molecule has 1 N–H and O–H groups in total. The van der Waals surface area contributed by atoms with Crippen LogP contribution in [0.25, 0.3) is 0 Å². The van der Waals surface area contributed by atoms with Gasteiger partial charge in [-0.25, -0.2) is 0 Å². The summed E-state index contributed by atoms with van der Waals surface area (Å²) in [4.78, 5) is 12.5. The van der Waals surface area contributed by atoms with Crippen molar-refractivity contribution in [2.24, 2.45) is 11.8 Å². The highest BCUT2D eigenvalue weighted by Crippen LogP contribution is 2.29. The van der Waals surface area contributed by atoms with E-state index in [-0.39, 0.29) is 11.9 Å². The van der Waals surface area contributed by atoms with Gasteiger partial charge < -0.3 is 9.73 Å². The van der Waals surface area contributed by atoms with Crippen LogP contribution >= 0.6 is 11.8 Å². The first kappa shape index (κ1) is 19.1. The second kappa shape index (κ2) is 8.81. The molecule has 1 saturated carbocycles. The Kier molecular flexibility index (Phi) is 6.47. The number of rotatable bonds is 6. The van der Waals surface area contributed by atoms with E-state index in [2.05, 4.69) is 50.4 Å². The molecule has 4 heteroatoms. The number of benzene rings is 1.